The third kappa shape index (κ3) is 6.96. The quantitative estimate of drug-likeness (QED) is 0.145. The smallest absolute Gasteiger partial charge is 0.0857 e. The fraction of sp³-hybridized carbons (Fsp3) is 0.172. The molecule has 0 aromatic heterocycles. The number of rotatable bonds is 9. The van der Waals surface area contributed by atoms with Gasteiger partial charge in [0.2, 0.25) is 0 Å². The monoisotopic (exact) mass is 464 g/mol. The Bertz CT molecular complexity index is 1230. The first kappa shape index (κ1) is 23.6. The summed E-state index contributed by atoms with van der Waals surface area (Å²) in [6.45, 7) is 2.23. The summed E-state index contributed by atoms with van der Waals surface area (Å²) in [4.78, 5) is 0.905. The highest BCUT2D eigenvalue weighted by molar-refractivity contribution is 7.80. The van der Waals surface area contributed by atoms with E-state index in [9.17, 15) is 0 Å². The van der Waals surface area contributed by atoms with Crippen LogP contribution in [0, 0.1) is 0 Å². The Morgan fingerprint density at radius 1 is 0.500 bits per heavy atom. The summed E-state index contributed by atoms with van der Waals surface area (Å²) in [6.07, 6.45) is 4.88. The van der Waals surface area contributed by atoms with E-state index in [1.807, 2.05) is 72.8 Å². The zero-order valence-electron chi connectivity index (χ0n) is 19.3. The van der Waals surface area contributed by atoms with E-state index in [4.69, 9.17) is 0 Å². The van der Waals surface area contributed by atoms with Crippen molar-refractivity contribution < 1.29 is 0 Å². The molecule has 0 aliphatic rings. The van der Waals surface area contributed by atoms with Gasteiger partial charge in [0.05, 0.1) is 22.7 Å². The van der Waals surface area contributed by atoms with Crippen molar-refractivity contribution in [3.05, 3.63) is 103 Å². The van der Waals surface area contributed by atoms with E-state index >= 15 is 0 Å². The van der Waals surface area contributed by atoms with Gasteiger partial charge in [-0.25, -0.2) is 0 Å². The van der Waals surface area contributed by atoms with Crippen molar-refractivity contribution in [2.24, 2.45) is 20.5 Å². The van der Waals surface area contributed by atoms with Gasteiger partial charge in [0, 0.05) is 4.90 Å². The topological polar surface area (TPSA) is 49.4 Å². The van der Waals surface area contributed by atoms with Crippen LogP contribution in [0.2, 0.25) is 0 Å². The third-order valence-electron chi connectivity index (χ3n) is 5.48. The minimum Gasteiger partial charge on any atom is -0.151 e. The molecule has 0 atom stereocenters. The number of hydrogen-bond donors (Lipinski definition) is 1. The fourth-order valence-corrected chi connectivity index (χ4v) is 3.65. The lowest BCUT2D eigenvalue weighted by Crippen LogP contribution is -1.83. The summed E-state index contributed by atoms with van der Waals surface area (Å²) in [5, 5.41) is 17.3. The molecule has 0 unspecified atom stereocenters. The zero-order chi connectivity index (χ0) is 23.6. The van der Waals surface area contributed by atoms with E-state index < -0.39 is 0 Å². The molecule has 34 heavy (non-hydrogen) atoms. The normalized spacial score (nSPS) is 11.5. The number of azo groups is 2. The van der Waals surface area contributed by atoms with E-state index in [2.05, 4.69) is 64.3 Å². The molecule has 0 saturated carbocycles. The lowest BCUT2D eigenvalue weighted by molar-refractivity contribution is 0.717. The summed E-state index contributed by atoms with van der Waals surface area (Å²) < 4.78 is 0. The average Bonchev–Trinajstić information content (AvgIpc) is 2.89. The van der Waals surface area contributed by atoms with Gasteiger partial charge >= 0.3 is 0 Å². The Hall–Kier alpha value is -3.57. The van der Waals surface area contributed by atoms with Crippen LogP contribution in [0.5, 0.6) is 0 Å². The van der Waals surface area contributed by atoms with Crippen molar-refractivity contribution in [3.63, 3.8) is 0 Å². The number of nitrogens with zero attached hydrogens (tertiary/aromatic N) is 4. The van der Waals surface area contributed by atoms with Gasteiger partial charge in [-0.1, -0.05) is 56.2 Å². The van der Waals surface area contributed by atoms with E-state index in [1.165, 1.54) is 24.8 Å². The fourth-order valence-electron chi connectivity index (χ4n) is 3.50. The Morgan fingerprint density at radius 3 is 1.29 bits per heavy atom. The molecular formula is C29H28N4S. The largest absolute Gasteiger partial charge is 0.151 e. The Labute approximate surface area is 206 Å². The van der Waals surface area contributed by atoms with Crippen molar-refractivity contribution in [1.82, 2.24) is 0 Å². The number of thiol groups is 1. The number of aryl methyl sites for hydroxylation is 1. The maximum atomic E-state index is 4.38. The SMILES string of the molecule is CCCCCc1ccc(N=Nc2ccc(-c3ccc(N=Nc4ccc(S)cc4)cc3)cc2)cc1. The number of benzene rings is 4. The molecule has 0 aliphatic heterocycles. The molecule has 0 amide bonds. The highest BCUT2D eigenvalue weighted by Gasteiger charge is 2.00. The van der Waals surface area contributed by atoms with Crippen LogP contribution in [-0.2, 0) is 6.42 Å². The summed E-state index contributed by atoms with van der Waals surface area (Å²) >= 11 is 4.28. The van der Waals surface area contributed by atoms with Gasteiger partial charge in [-0.05, 0) is 90.2 Å². The first-order valence-corrected chi connectivity index (χ1v) is 12.1. The van der Waals surface area contributed by atoms with Crippen LogP contribution in [0.3, 0.4) is 0 Å². The van der Waals surface area contributed by atoms with Gasteiger partial charge < -0.3 is 0 Å². The first-order chi connectivity index (χ1) is 16.7. The predicted octanol–water partition coefficient (Wildman–Crippen LogP) is 10.2. The maximum absolute atomic E-state index is 4.38. The van der Waals surface area contributed by atoms with E-state index in [0.717, 1.165) is 45.2 Å². The minimum atomic E-state index is 0.801. The molecule has 4 rings (SSSR count). The molecule has 4 aromatic carbocycles. The summed E-state index contributed by atoms with van der Waals surface area (Å²) in [7, 11) is 0. The molecule has 170 valence electrons. The molecule has 0 saturated heterocycles. The van der Waals surface area contributed by atoms with Crippen molar-refractivity contribution in [2.45, 2.75) is 37.5 Å². The van der Waals surface area contributed by atoms with Crippen LogP contribution in [0.15, 0.2) is 122 Å². The van der Waals surface area contributed by atoms with Crippen LogP contribution in [-0.4, -0.2) is 0 Å². The summed E-state index contributed by atoms with van der Waals surface area (Å²) in [5.41, 5.74) is 6.89. The lowest BCUT2D eigenvalue weighted by Gasteiger charge is -2.03. The Morgan fingerprint density at radius 2 is 0.882 bits per heavy atom. The van der Waals surface area contributed by atoms with Crippen LogP contribution in [0.1, 0.15) is 31.7 Å². The average molecular weight is 465 g/mol. The predicted molar refractivity (Wildman–Crippen MR) is 144 cm³/mol. The maximum Gasteiger partial charge on any atom is 0.0857 e. The van der Waals surface area contributed by atoms with Crippen LogP contribution in [0.4, 0.5) is 22.7 Å². The van der Waals surface area contributed by atoms with Crippen LogP contribution >= 0.6 is 12.6 Å². The highest BCUT2D eigenvalue weighted by atomic mass is 32.1. The molecule has 0 aliphatic carbocycles. The Balaban J connectivity index is 1.35. The Kier molecular flexibility index (Phi) is 8.36. The molecule has 0 spiro atoms. The second-order valence-corrected chi connectivity index (χ2v) is 8.65. The van der Waals surface area contributed by atoms with Gasteiger partial charge in [0.1, 0.15) is 0 Å². The van der Waals surface area contributed by atoms with E-state index in [-0.39, 0.29) is 0 Å². The van der Waals surface area contributed by atoms with Crippen molar-refractivity contribution in [1.29, 1.82) is 0 Å². The molecule has 0 N–H and O–H groups in total. The van der Waals surface area contributed by atoms with Crippen LogP contribution < -0.4 is 0 Å². The molecule has 4 nitrogen and oxygen atoms in total. The summed E-state index contributed by atoms with van der Waals surface area (Å²) in [5.74, 6) is 0. The second-order valence-electron chi connectivity index (χ2n) is 8.13. The van der Waals surface area contributed by atoms with Crippen molar-refractivity contribution >= 4 is 35.4 Å². The van der Waals surface area contributed by atoms with Gasteiger partial charge in [0.25, 0.3) is 0 Å². The molecule has 0 heterocycles. The standard InChI is InChI=1S/C29H28N4S/c1-2-3-4-5-22-6-12-25(13-7-22)30-31-26-14-8-23(9-15-26)24-10-16-27(17-11-24)32-33-28-18-20-29(34)21-19-28/h6-21,34H,2-5H2,1H3. The zero-order valence-corrected chi connectivity index (χ0v) is 20.2. The van der Waals surface area contributed by atoms with E-state index in [0.29, 0.717) is 0 Å². The van der Waals surface area contributed by atoms with Crippen molar-refractivity contribution in [2.75, 3.05) is 0 Å². The van der Waals surface area contributed by atoms with Crippen LogP contribution in [0.25, 0.3) is 11.1 Å². The van der Waals surface area contributed by atoms with Gasteiger partial charge in [-0.3, -0.25) is 0 Å². The van der Waals surface area contributed by atoms with Gasteiger partial charge in [0.15, 0.2) is 0 Å². The summed E-state index contributed by atoms with van der Waals surface area (Å²) in [6, 6.07) is 32.0. The molecule has 5 heteroatoms. The van der Waals surface area contributed by atoms with Crippen molar-refractivity contribution in [3.8, 4) is 11.1 Å². The molecule has 0 radical (unpaired) electrons. The van der Waals surface area contributed by atoms with E-state index in [1.54, 1.807) is 0 Å². The number of hydrogen-bond acceptors (Lipinski definition) is 5. The number of unbranched alkanes of at least 4 members (excludes halogenated alkanes) is 2. The highest BCUT2D eigenvalue weighted by Crippen LogP contribution is 2.27. The first-order valence-electron chi connectivity index (χ1n) is 11.6. The second kappa shape index (κ2) is 12.1. The molecular weight excluding hydrogens is 436 g/mol. The lowest BCUT2D eigenvalue weighted by atomic mass is 10.1. The van der Waals surface area contributed by atoms with Gasteiger partial charge in [-0.15, -0.1) is 12.6 Å². The third-order valence-corrected chi connectivity index (χ3v) is 5.78. The molecule has 4 aromatic rings. The minimum absolute atomic E-state index is 0.801. The molecule has 0 bridgehead atoms. The van der Waals surface area contributed by atoms with Gasteiger partial charge in [-0.2, -0.15) is 20.5 Å². The molecule has 0 fully saturated rings.